The number of hydrogen-bond acceptors (Lipinski definition) is 7. The number of benzene rings is 1. The molecule has 8 nitrogen and oxygen atoms in total. The summed E-state index contributed by atoms with van der Waals surface area (Å²) in [4.78, 5) is 8.73. The molecule has 0 saturated heterocycles. The number of aromatic amines is 1. The van der Waals surface area contributed by atoms with E-state index in [1.54, 1.807) is 12.1 Å². The van der Waals surface area contributed by atoms with Crippen molar-refractivity contribution in [1.82, 2.24) is 25.4 Å². The Kier molecular flexibility index (Phi) is 4.54. The second-order valence-corrected chi connectivity index (χ2v) is 5.41. The third-order valence-corrected chi connectivity index (χ3v) is 3.56. The van der Waals surface area contributed by atoms with Gasteiger partial charge in [0.15, 0.2) is 17.0 Å². The van der Waals surface area contributed by atoms with Gasteiger partial charge in [0, 0.05) is 10.7 Å². The van der Waals surface area contributed by atoms with E-state index in [1.807, 2.05) is 19.1 Å². The fourth-order valence-corrected chi connectivity index (χ4v) is 2.25. The van der Waals surface area contributed by atoms with Crippen molar-refractivity contribution < 1.29 is 5.11 Å². The lowest BCUT2D eigenvalue weighted by Crippen LogP contribution is -2.24. The number of aliphatic hydroxyl groups excluding tert-OH is 1. The van der Waals surface area contributed by atoms with Crippen LogP contribution >= 0.6 is 11.6 Å². The molecule has 1 aromatic carbocycles. The molecule has 4 N–H and O–H groups in total. The van der Waals surface area contributed by atoms with Crippen LogP contribution in [0.1, 0.15) is 13.3 Å². The average molecular weight is 334 g/mol. The van der Waals surface area contributed by atoms with Crippen LogP contribution in [0.15, 0.2) is 24.3 Å². The summed E-state index contributed by atoms with van der Waals surface area (Å²) >= 11 is 6.00. The Morgan fingerprint density at radius 3 is 2.96 bits per heavy atom. The Bertz CT molecular complexity index is 803. The van der Waals surface area contributed by atoms with E-state index in [0.29, 0.717) is 28.0 Å². The first-order valence-corrected chi connectivity index (χ1v) is 7.56. The molecule has 2 aromatic heterocycles. The lowest BCUT2D eigenvalue weighted by atomic mass is 10.2. The van der Waals surface area contributed by atoms with Gasteiger partial charge in [0.05, 0.1) is 12.6 Å². The Balaban J connectivity index is 1.96. The van der Waals surface area contributed by atoms with Crippen molar-refractivity contribution in [3.05, 3.63) is 29.3 Å². The predicted octanol–water partition coefficient (Wildman–Crippen LogP) is 2.33. The van der Waals surface area contributed by atoms with E-state index >= 15 is 0 Å². The zero-order valence-electron chi connectivity index (χ0n) is 12.4. The van der Waals surface area contributed by atoms with Crippen molar-refractivity contribution in [3.63, 3.8) is 0 Å². The summed E-state index contributed by atoms with van der Waals surface area (Å²) in [6.45, 7) is 1.96. The van der Waals surface area contributed by atoms with E-state index in [2.05, 4.69) is 36.0 Å². The van der Waals surface area contributed by atoms with Gasteiger partial charge in [-0.15, -0.1) is 5.10 Å². The summed E-state index contributed by atoms with van der Waals surface area (Å²) < 4.78 is 0. The van der Waals surface area contributed by atoms with Gasteiger partial charge >= 0.3 is 0 Å². The monoisotopic (exact) mass is 333 g/mol. The molecule has 3 rings (SSSR count). The number of nitrogens with zero attached hydrogens (tertiary/aromatic N) is 4. The highest BCUT2D eigenvalue weighted by molar-refractivity contribution is 6.30. The summed E-state index contributed by atoms with van der Waals surface area (Å²) in [5, 5.41) is 26.7. The van der Waals surface area contributed by atoms with Crippen molar-refractivity contribution >= 4 is 40.2 Å². The Labute approximate surface area is 137 Å². The van der Waals surface area contributed by atoms with Crippen LogP contribution in [-0.4, -0.2) is 43.1 Å². The molecule has 0 radical (unpaired) electrons. The molecule has 1 atom stereocenters. The van der Waals surface area contributed by atoms with Crippen LogP contribution in [0.4, 0.5) is 17.5 Å². The number of H-pyrrole nitrogens is 1. The molecule has 0 saturated carbocycles. The molecule has 2 heterocycles. The van der Waals surface area contributed by atoms with Crippen LogP contribution in [-0.2, 0) is 0 Å². The topological polar surface area (TPSA) is 112 Å². The average Bonchev–Trinajstić information content (AvgIpc) is 3.01. The summed E-state index contributed by atoms with van der Waals surface area (Å²) in [5.41, 5.74) is 1.80. The quantitative estimate of drug-likeness (QED) is 0.547. The normalized spacial score (nSPS) is 12.3. The number of halogens is 1. The largest absolute Gasteiger partial charge is 0.394 e. The van der Waals surface area contributed by atoms with E-state index in [0.717, 1.165) is 12.1 Å². The van der Waals surface area contributed by atoms with Gasteiger partial charge in [0.25, 0.3) is 0 Å². The fraction of sp³-hybridized carbons (Fsp3) is 0.286. The van der Waals surface area contributed by atoms with Gasteiger partial charge in [-0.2, -0.15) is 9.97 Å². The molecule has 0 aliphatic rings. The maximum absolute atomic E-state index is 9.31. The third kappa shape index (κ3) is 3.49. The highest BCUT2D eigenvalue weighted by Crippen LogP contribution is 2.24. The molecule has 0 fully saturated rings. The maximum atomic E-state index is 9.31. The molecular weight excluding hydrogens is 318 g/mol. The second-order valence-electron chi connectivity index (χ2n) is 4.97. The number of rotatable bonds is 6. The summed E-state index contributed by atoms with van der Waals surface area (Å²) in [7, 11) is 0. The van der Waals surface area contributed by atoms with Gasteiger partial charge in [0.1, 0.15) is 0 Å². The fourth-order valence-electron chi connectivity index (χ4n) is 2.06. The number of fused-ring (bicyclic) bond motifs is 1. The lowest BCUT2D eigenvalue weighted by molar-refractivity contribution is 0.271. The first-order chi connectivity index (χ1) is 11.2. The van der Waals surface area contributed by atoms with E-state index in [9.17, 15) is 5.11 Å². The highest BCUT2D eigenvalue weighted by Gasteiger charge is 2.14. The van der Waals surface area contributed by atoms with Gasteiger partial charge in [-0.25, -0.2) is 5.10 Å². The minimum absolute atomic E-state index is 0.00379. The van der Waals surface area contributed by atoms with Crippen LogP contribution in [0.3, 0.4) is 0 Å². The minimum atomic E-state index is -0.123. The number of aromatic nitrogens is 5. The molecule has 0 bridgehead atoms. The Morgan fingerprint density at radius 2 is 2.22 bits per heavy atom. The SMILES string of the molecule is CCC(CO)Nc1nc(Nc2cccc(Cl)c2)c2nn[nH]c2n1. The van der Waals surface area contributed by atoms with Crippen molar-refractivity contribution in [2.45, 2.75) is 19.4 Å². The molecule has 23 heavy (non-hydrogen) atoms. The molecule has 0 aliphatic heterocycles. The highest BCUT2D eigenvalue weighted by atomic mass is 35.5. The molecule has 3 aromatic rings. The first-order valence-electron chi connectivity index (χ1n) is 7.18. The summed E-state index contributed by atoms with van der Waals surface area (Å²) in [6.07, 6.45) is 0.746. The first kappa shape index (κ1) is 15.4. The number of aliphatic hydroxyl groups is 1. The minimum Gasteiger partial charge on any atom is -0.394 e. The predicted molar refractivity (Wildman–Crippen MR) is 89.0 cm³/mol. The van der Waals surface area contributed by atoms with E-state index in [4.69, 9.17) is 11.6 Å². The van der Waals surface area contributed by atoms with Gasteiger partial charge in [-0.3, -0.25) is 0 Å². The number of nitrogens with one attached hydrogen (secondary N) is 3. The van der Waals surface area contributed by atoms with Crippen molar-refractivity contribution in [2.75, 3.05) is 17.2 Å². The van der Waals surface area contributed by atoms with Crippen LogP contribution < -0.4 is 10.6 Å². The smallest absolute Gasteiger partial charge is 0.227 e. The van der Waals surface area contributed by atoms with Crippen molar-refractivity contribution in [1.29, 1.82) is 0 Å². The number of anilines is 3. The van der Waals surface area contributed by atoms with E-state index in [1.165, 1.54) is 0 Å². The zero-order chi connectivity index (χ0) is 16.2. The van der Waals surface area contributed by atoms with Crippen LogP contribution in [0.25, 0.3) is 11.2 Å². The van der Waals surface area contributed by atoms with Crippen LogP contribution in [0, 0.1) is 0 Å². The summed E-state index contributed by atoms with van der Waals surface area (Å²) in [6, 6.07) is 7.16. The van der Waals surface area contributed by atoms with Crippen LogP contribution in [0.2, 0.25) is 5.02 Å². The molecule has 0 amide bonds. The zero-order valence-corrected chi connectivity index (χ0v) is 13.2. The van der Waals surface area contributed by atoms with Crippen LogP contribution in [0.5, 0.6) is 0 Å². The molecule has 0 aliphatic carbocycles. The lowest BCUT2D eigenvalue weighted by Gasteiger charge is -2.14. The van der Waals surface area contributed by atoms with E-state index in [-0.39, 0.29) is 12.6 Å². The van der Waals surface area contributed by atoms with Gasteiger partial charge in [-0.05, 0) is 24.6 Å². The molecule has 9 heteroatoms. The van der Waals surface area contributed by atoms with Crippen molar-refractivity contribution in [2.24, 2.45) is 0 Å². The van der Waals surface area contributed by atoms with Gasteiger partial charge in [-0.1, -0.05) is 29.8 Å². The summed E-state index contributed by atoms with van der Waals surface area (Å²) in [5.74, 6) is 0.885. The number of hydrogen-bond donors (Lipinski definition) is 4. The van der Waals surface area contributed by atoms with Gasteiger partial charge < -0.3 is 15.7 Å². The molecule has 0 spiro atoms. The van der Waals surface area contributed by atoms with Gasteiger partial charge in [0.2, 0.25) is 5.95 Å². The molecular formula is C14H16ClN7O. The van der Waals surface area contributed by atoms with E-state index < -0.39 is 0 Å². The van der Waals surface area contributed by atoms with Crippen molar-refractivity contribution in [3.8, 4) is 0 Å². The maximum Gasteiger partial charge on any atom is 0.227 e. The molecule has 120 valence electrons. The molecule has 1 unspecified atom stereocenters. The second kappa shape index (κ2) is 6.76. The Morgan fingerprint density at radius 1 is 1.35 bits per heavy atom. The standard InChI is InChI=1S/C14H16ClN7O/c1-2-9(7-23)17-14-18-12(11-13(19-14)21-22-20-11)16-10-5-3-4-8(15)6-10/h3-6,9,23H,2,7H2,1H3,(H3,16,17,18,19,20,21,22). The third-order valence-electron chi connectivity index (χ3n) is 3.32. The Hall–Kier alpha value is -2.45.